The molecule has 3 N–H and O–H groups in total. The van der Waals surface area contributed by atoms with Gasteiger partial charge in [-0.1, -0.05) is 18.2 Å². The number of para-hydroxylation sites is 1. The van der Waals surface area contributed by atoms with E-state index in [4.69, 9.17) is 9.47 Å². The summed E-state index contributed by atoms with van der Waals surface area (Å²) in [4.78, 5) is 28.6. The van der Waals surface area contributed by atoms with Crippen LogP contribution < -0.4 is 20.1 Å². The van der Waals surface area contributed by atoms with E-state index < -0.39 is 45.9 Å². The molecule has 5 rings (SSSR count). The van der Waals surface area contributed by atoms with Gasteiger partial charge in [-0.3, -0.25) is 14.5 Å². The molecule has 0 aromatic heterocycles. The minimum atomic E-state index is -3.51. The maximum atomic E-state index is 13.9. The number of nitrogens with zero attached hydrogens (tertiary/aromatic N) is 1. The van der Waals surface area contributed by atoms with Crippen LogP contribution in [-0.4, -0.2) is 81.4 Å². The lowest BCUT2D eigenvalue weighted by Crippen LogP contribution is -2.55. The smallest absolute Gasteiger partial charge is 0.255 e. The summed E-state index contributed by atoms with van der Waals surface area (Å²) in [6, 6.07) is 8.89. The highest BCUT2D eigenvalue weighted by atomic mass is 32.2. The van der Waals surface area contributed by atoms with Gasteiger partial charge in [-0.15, -0.1) is 0 Å². The van der Waals surface area contributed by atoms with Gasteiger partial charge in [0.1, 0.15) is 5.75 Å². The number of ether oxygens (including phenoxy) is 2. The molecule has 2 amide bonds. The van der Waals surface area contributed by atoms with Gasteiger partial charge in [-0.2, -0.15) is 0 Å². The third kappa shape index (κ3) is 7.39. The van der Waals surface area contributed by atoms with E-state index in [1.165, 1.54) is 6.07 Å². The van der Waals surface area contributed by atoms with Crippen molar-refractivity contribution in [2.75, 3.05) is 26.0 Å². The molecule has 3 heterocycles. The molecule has 2 aromatic carbocycles. The highest BCUT2D eigenvalue weighted by Crippen LogP contribution is 2.27. The molecule has 10 nitrogen and oxygen atoms in total. The van der Waals surface area contributed by atoms with Crippen LogP contribution in [0.3, 0.4) is 0 Å². The fourth-order valence-electron chi connectivity index (χ4n) is 5.76. The van der Waals surface area contributed by atoms with E-state index in [1.807, 2.05) is 4.90 Å². The van der Waals surface area contributed by atoms with Crippen LogP contribution in [0.5, 0.6) is 5.75 Å². The van der Waals surface area contributed by atoms with Crippen molar-refractivity contribution >= 4 is 21.8 Å². The molecule has 0 saturated carbocycles. The third-order valence-electron chi connectivity index (χ3n) is 7.70. The second-order valence-electron chi connectivity index (χ2n) is 10.8. The Bertz CT molecular complexity index is 1390. The second-order valence-corrected chi connectivity index (χ2v) is 12.6. The van der Waals surface area contributed by atoms with Crippen LogP contribution in [0.4, 0.5) is 8.78 Å². The van der Waals surface area contributed by atoms with Crippen LogP contribution in [0, 0.1) is 11.6 Å². The molecule has 0 aliphatic carbocycles. The largest absolute Gasteiger partial charge is 0.493 e. The molecule has 0 spiro atoms. The number of halogens is 2. The predicted octanol–water partition coefficient (Wildman–Crippen LogP) is 1.70. The number of rotatable bonds is 4. The van der Waals surface area contributed by atoms with E-state index in [9.17, 15) is 26.8 Å². The molecule has 3 aliphatic rings. The van der Waals surface area contributed by atoms with Crippen LogP contribution in [0.2, 0.25) is 0 Å². The Morgan fingerprint density at radius 1 is 1.07 bits per heavy atom. The SMILES string of the molecule is CS(=O)(=O)N[C@@H]1CC[C@H]2CCOc3ccccc3C(=O)N[C@H]3C[C@@H](C(=O)NC[C@H]1O2)N(Cc1ccc(F)c(F)c1)C3. The molecule has 0 radical (unpaired) electrons. The van der Waals surface area contributed by atoms with Gasteiger partial charge < -0.3 is 20.1 Å². The lowest BCUT2D eigenvalue weighted by atomic mass is 9.97. The Balaban J connectivity index is 1.41. The summed E-state index contributed by atoms with van der Waals surface area (Å²) in [7, 11) is -3.51. The Hall–Kier alpha value is -3.13. The van der Waals surface area contributed by atoms with Crippen LogP contribution in [-0.2, 0) is 26.1 Å². The van der Waals surface area contributed by atoms with E-state index in [0.29, 0.717) is 42.7 Å². The van der Waals surface area contributed by atoms with E-state index in [1.54, 1.807) is 24.3 Å². The molecule has 2 aromatic rings. The molecule has 13 heteroatoms. The van der Waals surface area contributed by atoms with Crippen LogP contribution >= 0.6 is 0 Å². The minimum absolute atomic E-state index is 0.0682. The van der Waals surface area contributed by atoms with Gasteiger partial charge in [0.25, 0.3) is 5.91 Å². The normalized spacial score (nSPS) is 27.8. The van der Waals surface area contributed by atoms with Crippen molar-refractivity contribution in [2.24, 2.45) is 0 Å². The quantitative estimate of drug-likeness (QED) is 0.494. The summed E-state index contributed by atoms with van der Waals surface area (Å²) in [6.45, 7) is 0.804. The number of fused-ring (bicyclic) bond motifs is 5. The number of benzene rings is 2. The minimum Gasteiger partial charge on any atom is -0.493 e. The second kappa shape index (κ2) is 12.4. The molecule has 5 atom stereocenters. The Kier molecular flexibility index (Phi) is 8.88. The Morgan fingerprint density at radius 2 is 1.88 bits per heavy atom. The van der Waals surface area contributed by atoms with E-state index in [2.05, 4.69) is 15.4 Å². The number of sulfonamides is 1. The number of carbonyl (C=O) groups excluding carboxylic acids is 2. The van der Waals surface area contributed by atoms with Crippen molar-refractivity contribution < 1.29 is 36.3 Å². The zero-order chi connectivity index (χ0) is 29.1. The number of nitrogens with one attached hydrogen (secondary N) is 3. The summed E-state index contributed by atoms with van der Waals surface area (Å²) >= 11 is 0. The number of hydrogen-bond donors (Lipinski definition) is 3. The molecule has 222 valence electrons. The molecule has 2 saturated heterocycles. The first-order chi connectivity index (χ1) is 19.6. The number of likely N-dealkylation sites (tertiary alicyclic amines) is 1. The first-order valence-electron chi connectivity index (χ1n) is 13.7. The van der Waals surface area contributed by atoms with Crippen molar-refractivity contribution in [1.82, 2.24) is 20.3 Å². The summed E-state index contributed by atoms with van der Waals surface area (Å²) in [5, 5.41) is 5.91. The van der Waals surface area contributed by atoms with Gasteiger partial charge >= 0.3 is 0 Å². The zero-order valence-corrected chi connectivity index (χ0v) is 23.5. The summed E-state index contributed by atoms with van der Waals surface area (Å²) in [5.74, 6) is -2.19. The van der Waals surface area contributed by atoms with E-state index in [-0.39, 0.29) is 44.0 Å². The summed E-state index contributed by atoms with van der Waals surface area (Å²) in [5.41, 5.74) is 0.841. The first kappa shape index (κ1) is 29.4. The zero-order valence-electron chi connectivity index (χ0n) is 22.6. The van der Waals surface area contributed by atoms with Gasteiger partial charge in [0, 0.05) is 38.1 Å². The standard InChI is InChI=1S/C28H34F2N4O6S/c1-41(37,38)33-23-9-7-19-10-11-39-25-5-3-2-4-20(25)27(35)32-18-13-24(28(36)31-14-26(23)40-19)34(16-18)15-17-6-8-21(29)22(30)12-17/h2-6,8,12,18-19,23-24,26,33H,7,9-11,13-16H2,1H3,(H,31,36)(H,32,35)/t18-,19-,23+,24-,26+/m0/s1. The molecule has 0 unspecified atom stereocenters. The maximum Gasteiger partial charge on any atom is 0.255 e. The van der Waals surface area contributed by atoms with Gasteiger partial charge in [0.2, 0.25) is 15.9 Å². The molecule has 2 fully saturated rings. The summed E-state index contributed by atoms with van der Waals surface area (Å²) in [6.07, 6.45) is 2.15. The van der Waals surface area contributed by atoms with Crippen molar-refractivity contribution in [1.29, 1.82) is 0 Å². The molecule has 4 bridgehead atoms. The van der Waals surface area contributed by atoms with E-state index in [0.717, 1.165) is 18.4 Å². The average molecular weight is 593 g/mol. The lowest BCUT2D eigenvalue weighted by molar-refractivity contribution is -0.127. The Labute approximate surface area is 237 Å². The van der Waals surface area contributed by atoms with Gasteiger partial charge in [0.05, 0.1) is 36.7 Å². The molecule has 41 heavy (non-hydrogen) atoms. The van der Waals surface area contributed by atoms with Gasteiger partial charge in [-0.05, 0) is 49.1 Å². The van der Waals surface area contributed by atoms with E-state index >= 15 is 0 Å². The van der Waals surface area contributed by atoms with Crippen LogP contribution in [0.25, 0.3) is 0 Å². The lowest BCUT2D eigenvalue weighted by Gasteiger charge is -2.37. The fraction of sp³-hybridized carbons (Fsp3) is 0.500. The molecule has 3 aliphatic heterocycles. The summed E-state index contributed by atoms with van der Waals surface area (Å²) < 4.78 is 66.3. The third-order valence-corrected chi connectivity index (χ3v) is 8.43. The van der Waals surface area contributed by atoms with Gasteiger partial charge in [-0.25, -0.2) is 21.9 Å². The highest BCUT2D eigenvalue weighted by molar-refractivity contribution is 7.88. The molecular formula is C28H34F2N4O6S. The number of amides is 2. The topological polar surface area (TPSA) is 126 Å². The van der Waals surface area contributed by atoms with Crippen LogP contribution in [0.15, 0.2) is 42.5 Å². The van der Waals surface area contributed by atoms with Crippen molar-refractivity contribution in [3.63, 3.8) is 0 Å². The average Bonchev–Trinajstić information content (AvgIpc) is 3.31. The monoisotopic (exact) mass is 592 g/mol. The molecular weight excluding hydrogens is 558 g/mol. The first-order valence-corrected chi connectivity index (χ1v) is 15.6. The van der Waals surface area contributed by atoms with Crippen LogP contribution in [0.1, 0.15) is 41.6 Å². The van der Waals surface area contributed by atoms with Gasteiger partial charge in [0.15, 0.2) is 11.6 Å². The maximum absolute atomic E-state index is 13.9. The highest BCUT2D eigenvalue weighted by Gasteiger charge is 2.39. The predicted molar refractivity (Wildman–Crippen MR) is 146 cm³/mol. The number of carbonyl (C=O) groups is 2. The van der Waals surface area contributed by atoms with Crippen molar-refractivity contribution in [3.8, 4) is 5.75 Å². The van der Waals surface area contributed by atoms with Crippen molar-refractivity contribution in [3.05, 3.63) is 65.2 Å². The number of hydrogen-bond acceptors (Lipinski definition) is 7. The van der Waals surface area contributed by atoms with Crippen molar-refractivity contribution in [2.45, 2.75) is 62.6 Å². The fourth-order valence-corrected chi connectivity index (χ4v) is 6.58. The Morgan fingerprint density at radius 3 is 2.66 bits per heavy atom.